The number of aromatic nitrogens is 1. The number of azide groups is 1. The van der Waals surface area contributed by atoms with E-state index >= 15 is 0 Å². The van der Waals surface area contributed by atoms with Gasteiger partial charge in [-0.1, -0.05) is 17.2 Å². The predicted octanol–water partition coefficient (Wildman–Crippen LogP) is 2.87. The Morgan fingerprint density at radius 2 is 2.33 bits per heavy atom. The summed E-state index contributed by atoms with van der Waals surface area (Å²) >= 11 is 0. The second-order valence-corrected chi connectivity index (χ2v) is 5.43. The monoisotopic (exact) mass is 283 g/mol. The summed E-state index contributed by atoms with van der Waals surface area (Å²) in [5, 5.41) is 4.79. The van der Waals surface area contributed by atoms with E-state index in [1.165, 1.54) is 10.9 Å². The van der Waals surface area contributed by atoms with Crippen molar-refractivity contribution >= 4 is 16.8 Å². The van der Waals surface area contributed by atoms with E-state index in [2.05, 4.69) is 33.2 Å². The Morgan fingerprint density at radius 3 is 3.19 bits per heavy atom. The third kappa shape index (κ3) is 2.85. The summed E-state index contributed by atoms with van der Waals surface area (Å²) in [6.07, 6.45) is 3.27. The van der Waals surface area contributed by atoms with Gasteiger partial charge in [0.15, 0.2) is 0 Å². The van der Waals surface area contributed by atoms with Crippen molar-refractivity contribution in [2.24, 2.45) is 11.0 Å². The largest absolute Gasteiger partial charge is 0.361 e. The number of carbonyl (C=O) groups excluding carboxylic acids is 1. The van der Waals surface area contributed by atoms with Crippen LogP contribution in [0.4, 0.5) is 0 Å². The number of hydrogen-bond donors (Lipinski definition) is 1. The van der Waals surface area contributed by atoms with Crippen LogP contribution in [-0.4, -0.2) is 35.4 Å². The molecule has 1 aliphatic rings. The first-order valence-corrected chi connectivity index (χ1v) is 7.11. The van der Waals surface area contributed by atoms with E-state index in [0.29, 0.717) is 19.5 Å². The van der Waals surface area contributed by atoms with Crippen molar-refractivity contribution < 1.29 is 4.79 Å². The van der Waals surface area contributed by atoms with Crippen LogP contribution in [0.15, 0.2) is 35.6 Å². The number of likely N-dealkylation sites (tertiary alicyclic amines) is 1. The van der Waals surface area contributed by atoms with Crippen LogP contribution in [0.3, 0.4) is 0 Å². The summed E-state index contributed by atoms with van der Waals surface area (Å²) in [6.45, 7) is 1.82. The van der Waals surface area contributed by atoms with Crippen molar-refractivity contribution in [2.45, 2.75) is 12.8 Å². The van der Waals surface area contributed by atoms with Crippen molar-refractivity contribution in [2.75, 3.05) is 19.6 Å². The lowest BCUT2D eigenvalue weighted by atomic mass is 10.1. The van der Waals surface area contributed by atoms with Gasteiger partial charge in [-0.15, -0.1) is 0 Å². The van der Waals surface area contributed by atoms with E-state index in [-0.39, 0.29) is 11.8 Å². The van der Waals surface area contributed by atoms with E-state index in [1.807, 2.05) is 17.2 Å². The fourth-order valence-electron chi connectivity index (χ4n) is 2.97. The summed E-state index contributed by atoms with van der Waals surface area (Å²) in [5.74, 6) is 0.325. The maximum absolute atomic E-state index is 12.0. The van der Waals surface area contributed by atoms with E-state index in [0.717, 1.165) is 18.5 Å². The lowest BCUT2D eigenvalue weighted by molar-refractivity contribution is -0.127. The van der Waals surface area contributed by atoms with Crippen molar-refractivity contribution in [3.05, 3.63) is 46.5 Å². The molecule has 2 heterocycles. The number of hydrogen-bond acceptors (Lipinski definition) is 2. The summed E-state index contributed by atoms with van der Waals surface area (Å²) < 4.78 is 0. The van der Waals surface area contributed by atoms with Crippen LogP contribution in [0, 0.1) is 5.92 Å². The number of fused-ring (bicyclic) bond motifs is 1. The standard InChI is InChI=1S/C15H17N5O/c16-19-18-9-11-8-15(21)20(10-11)7-5-12-2-1-3-14-13(12)4-6-17-14/h1-4,6,11,17H,5,7-10H2. The highest BCUT2D eigenvalue weighted by Crippen LogP contribution is 2.21. The molecular formula is C15H17N5O. The number of nitrogens with zero attached hydrogens (tertiary/aromatic N) is 4. The number of carbonyl (C=O) groups is 1. The van der Waals surface area contributed by atoms with Gasteiger partial charge in [-0.05, 0) is 35.6 Å². The number of nitrogens with one attached hydrogen (secondary N) is 1. The van der Waals surface area contributed by atoms with Crippen LogP contribution in [0.5, 0.6) is 0 Å². The summed E-state index contributed by atoms with van der Waals surface area (Å²) in [7, 11) is 0. The van der Waals surface area contributed by atoms with E-state index in [9.17, 15) is 4.79 Å². The normalized spacial score (nSPS) is 18.2. The van der Waals surface area contributed by atoms with Gasteiger partial charge in [0.25, 0.3) is 0 Å². The van der Waals surface area contributed by atoms with Crippen LogP contribution in [0.1, 0.15) is 12.0 Å². The highest BCUT2D eigenvalue weighted by Gasteiger charge is 2.28. The van der Waals surface area contributed by atoms with Crippen LogP contribution >= 0.6 is 0 Å². The number of benzene rings is 1. The van der Waals surface area contributed by atoms with Gasteiger partial charge in [0.2, 0.25) is 5.91 Å². The number of rotatable bonds is 5. The third-order valence-electron chi connectivity index (χ3n) is 4.03. The van der Waals surface area contributed by atoms with Gasteiger partial charge in [0, 0.05) is 48.1 Å². The van der Waals surface area contributed by atoms with Crippen molar-refractivity contribution in [1.82, 2.24) is 9.88 Å². The van der Waals surface area contributed by atoms with E-state index < -0.39 is 0 Å². The Kier molecular flexibility index (Phi) is 3.79. The molecule has 1 unspecified atom stereocenters. The van der Waals surface area contributed by atoms with Crippen molar-refractivity contribution in [1.29, 1.82) is 0 Å². The molecule has 21 heavy (non-hydrogen) atoms. The first-order valence-electron chi connectivity index (χ1n) is 7.11. The molecule has 1 aromatic carbocycles. The lowest BCUT2D eigenvalue weighted by Crippen LogP contribution is -2.27. The third-order valence-corrected chi connectivity index (χ3v) is 4.03. The molecule has 6 nitrogen and oxygen atoms in total. The van der Waals surface area contributed by atoms with Crippen LogP contribution < -0.4 is 0 Å². The molecule has 0 saturated carbocycles. The Hall–Kier alpha value is -2.46. The Labute approximate surface area is 122 Å². The number of H-pyrrole nitrogens is 1. The average Bonchev–Trinajstić information content (AvgIpc) is 3.09. The molecule has 3 rings (SSSR count). The first-order chi connectivity index (χ1) is 10.3. The second-order valence-electron chi connectivity index (χ2n) is 5.43. The first kappa shape index (κ1) is 13.5. The van der Waals surface area contributed by atoms with Gasteiger partial charge >= 0.3 is 0 Å². The molecule has 1 atom stereocenters. The van der Waals surface area contributed by atoms with Crippen molar-refractivity contribution in [3.8, 4) is 0 Å². The number of aromatic amines is 1. The highest BCUT2D eigenvalue weighted by atomic mass is 16.2. The molecule has 6 heteroatoms. The second kappa shape index (κ2) is 5.89. The van der Waals surface area contributed by atoms with Gasteiger partial charge in [0.1, 0.15) is 0 Å². The topological polar surface area (TPSA) is 84.9 Å². The Morgan fingerprint density at radius 1 is 1.43 bits per heavy atom. The minimum absolute atomic E-state index is 0.161. The molecule has 0 radical (unpaired) electrons. The fourth-order valence-corrected chi connectivity index (χ4v) is 2.97. The zero-order chi connectivity index (χ0) is 14.7. The summed E-state index contributed by atoms with van der Waals surface area (Å²) in [4.78, 5) is 19.8. The molecule has 1 saturated heterocycles. The SMILES string of the molecule is [N-]=[N+]=NCC1CC(=O)N(CCc2cccc3[nH]ccc23)C1. The zero-order valence-corrected chi connectivity index (χ0v) is 11.7. The molecule has 1 fully saturated rings. The minimum Gasteiger partial charge on any atom is -0.361 e. The van der Waals surface area contributed by atoms with Gasteiger partial charge in [-0.3, -0.25) is 4.79 Å². The molecule has 2 aromatic rings. The molecule has 0 spiro atoms. The summed E-state index contributed by atoms with van der Waals surface area (Å²) in [5.41, 5.74) is 10.7. The zero-order valence-electron chi connectivity index (χ0n) is 11.7. The molecule has 0 bridgehead atoms. The van der Waals surface area contributed by atoms with E-state index in [4.69, 9.17) is 5.53 Å². The van der Waals surface area contributed by atoms with Gasteiger partial charge < -0.3 is 9.88 Å². The molecule has 1 aromatic heterocycles. The number of amides is 1. The van der Waals surface area contributed by atoms with Gasteiger partial charge in [0.05, 0.1) is 0 Å². The smallest absolute Gasteiger partial charge is 0.222 e. The Balaban J connectivity index is 1.64. The van der Waals surface area contributed by atoms with Gasteiger partial charge in [-0.25, -0.2) is 0 Å². The molecular weight excluding hydrogens is 266 g/mol. The van der Waals surface area contributed by atoms with Crippen LogP contribution in [-0.2, 0) is 11.2 Å². The predicted molar refractivity (Wildman–Crippen MR) is 80.7 cm³/mol. The van der Waals surface area contributed by atoms with Crippen molar-refractivity contribution in [3.63, 3.8) is 0 Å². The molecule has 1 amide bonds. The highest BCUT2D eigenvalue weighted by molar-refractivity contribution is 5.83. The quantitative estimate of drug-likeness (QED) is 0.510. The summed E-state index contributed by atoms with van der Waals surface area (Å²) in [6, 6.07) is 8.26. The maximum atomic E-state index is 12.0. The minimum atomic E-state index is 0.161. The van der Waals surface area contributed by atoms with Crippen LogP contribution in [0.2, 0.25) is 0 Å². The average molecular weight is 283 g/mol. The van der Waals surface area contributed by atoms with Crippen LogP contribution in [0.25, 0.3) is 21.3 Å². The Bertz CT molecular complexity index is 701. The molecule has 108 valence electrons. The fraction of sp³-hybridized carbons (Fsp3) is 0.400. The molecule has 1 aliphatic heterocycles. The molecule has 1 N–H and O–H groups in total. The molecule has 0 aliphatic carbocycles. The maximum Gasteiger partial charge on any atom is 0.222 e. The van der Waals surface area contributed by atoms with Gasteiger partial charge in [-0.2, -0.15) is 0 Å². The lowest BCUT2D eigenvalue weighted by Gasteiger charge is -2.16. The van der Waals surface area contributed by atoms with E-state index in [1.54, 1.807) is 0 Å².